The van der Waals surface area contributed by atoms with Crippen molar-refractivity contribution in [2.45, 2.75) is 43.9 Å². The Balaban J connectivity index is 1.68. The van der Waals surface area contributed by atoms with Gasteiger partial charge in [0.15, 0.2) is 6.10 Å². The highest BCUT2D eigenvalue weighted by molar-refractivity contribution is 6.07. The highest BCUT2D eigenvalue weighted by Gasteiger charge is 2.63. The third-order valence-corrected chi connectivity index (χ3v) is 4.98. The molecule has 0 aromatic rings. The molecule has 0 aromatic carbocycles. The van der Waals surface area contributed by atoms with Crippen molar-refractivity contribution < 1.29 is 14.4 Å². The van der Waals surface area contributed by atoms with Gasteiger partial charge in [-0.25, -0.2) is 0 Å². The Kier molecular flexibility index (Phi) is 1.82. The summed E-state index contributed by atoms with van der Waals surface area (Å²) in [5.74, 6) is 0.226. The SMILES string of the molecule is CN1C(=O)[C@H]2[C@H](ON3[C@@H]4CCC[C@@H]4C[C@@H]23)C1=O. The molecule has 17 heavy (non-hydrogen) atoms. The Morgan fingerprint density at radius 3 is 2.82 bits per heavy atom. The molecule has 0 unspecified atom stereocenters. The minimum Gasteiger partial charge on any atom is -0.284 e. The van der Waals surface area contributed by atoms with E-state index in [1.165, 1.54) is 17.7 Å². The number of rotatable bonds is 0. The molecule has 0 bridgehead atoms. The zero-order valence-electron chi connectivity index (χ0n) is 9.83. The predicted octanol–water partition coefficient (Wildman–Crippen LogP) is 0.158. The monoisotopic (exact) mass is 236 g/mol. The average molecular weight is 236 g/mol. The van der Waals surface area contributed by atoms with Gasteiger partial charge in [-0.05, 0) is 25.2 Å². The van der Waals surface area contributed by atoms with Gasteiger partial charge in [-0.2, -0.15) is 5.06 Å². The van der Waals surface area contributed by atoms with Gasteiger partial charge in [-0.15, -0.1) is 0 Å². The molecule has 0 radical (unpaired) electrons. The van der Waals surface area contributed by atoms with Gasteiger partial charge in [-0.1, -0.05) is 6.42 Å². The lowest BCUT2D eigenvalue weighted by molar-refractivity contribution is -0.185. The summed E-state index contributed by atoms with van der Waals surface area (Å²) < 4.78 is 0. The maximum atomic E-state index is 12.1. The molecule has 0 aromatic heterocycles. The molecule has 5 heteroatoms. The fourth-order valence-electron chi connectivity index (χ4n) is 4.16. The number of hydrogen-bond donors (Lipinski definition) is 0. The minimum atomic E-state index is -0.529. The molecule has 92 valence electrons. The molecule has 3 aliphatic heterocycles. The topological polar surface area (TPSA) is 49.9 Å². The van der Waals surface area contributed by atoms with Crippen molar-refractivity contribution in [1.29, 1.82) is 0 Å². The molecule has 3 saturated heterocycles. The summed E-state index contributed by atoms with van der Waals surface area (Å²) in [7, 11) is 1.56. The fraction of sp³-hybridized carbons (Fsp3) is 0.833. The average Bonchev–Trinajstić information content (AvgIpc) is 2.97. The van der Waals surface area contributed by atoms with Gasteiger partial charge in [0.1, 0.15) is 0 Å². The predicted molar refractivity (Wildman–Crippen MR) is 57.5 cm³/mol. The molecule has 4 rings (SSSR count). The number of carbonyl (C=O) groups excluding carboxylic acids is 2. The summed E-state index contributed by atoms with van der Waals surface area (Å²) in [5, 5.41) is 2.00. The van der Waals surface area contributed by atoms with Crippen LogP contribution >= 0.6 is 0 Å². The number of amides is 2. The summed E-state index contributed by atoms with van der Waals surface area (Å²) in [6.07, 6.45) is 4.14. The maximum absolute atomic E-state index is 12.1. The largest absolute Gasteiger partial charge is 0.284 e. The summed E-state index contributed by atoms with van der Waals surface area (Å²) in [5.41, 5.74) is 0. The molecular weight excluding hydrogens is 220 g/mol. The fourth-order valence-corrected chi connectivity index (χ4v) is 4.16. The number of nitrogens with zero attached hydrogens (tertiary/aromatic N) is 2. The van der Waals surface area contributed by atoms with Crippen molar-refractivity contribution in [3.63, 3.8) is 0 Å². The Morgan fingerprint density at radius 1 is 1.18 bits per heavy atom. The van der Waals surface area contributed by atoms with Crippen molar-refractivity contribution >= 4 is 11.8 Å². The summed E-state index contributed by atoms with van der Waals surface area (Å²) >= 11 is 0. The lowest BCUT2D eigenvalue weighted by atomic mass is 9.91. The van der Waals surface area contributed by atoms with Gasteiger partial charge in [0, 0.05) is 13.1 Å². The Morgan fingerprint density at radius 2 is 2.00 bits per heavy atom. The van der Waals surface area contributed by atoms with E-state index in [0.717, 1.165) is 12.8 Å². The van der Waals surface area contributed by atoms with Gasteiger partial charge < -0.3 is 0 Å². The van der Waals surface area contributed by atoms with Crippen LogP contribution < -0.4 is 0 Å². The van der Waals surface area contributed by atoms with Crippen LogP contribution in [0.4, 0.5) is 0 Å². The zero-order chi connectivity index (χ0) is 11.7. The highest BCUT2D eigenvalue weighted by Crippen LogP contribution is 2.50. The second kappa shape index (κ2) is 3.09. The molecule has 1 saturated carbocycles. The van der Waals surface area contributed by atoms with Gasteiger partial charge >= 0.3 is 0 Å². The first-order valence-corrected chi connectivity index (χ1v) is 6.45. The molecule has 4 aliphatic rings. The van der Waals surface area contributed by atoms with Crippen molar-refractivity contribution in [2.75, 3.05) is 7.05 Å². The number of hydrogen-bond acceptors (Lipinski definition) is 4. The lowest BCUT2D eigenvalue weighted by Crippen LogP contribution is -2.38. The minimum absolute atomic E-state index is 0.0486. The number of hydroxylamine groups is 2. The van der Waals surface area contributed by atoms with Crippen LogP contribution in [-0.2, 0) is 14.4 Å². The first-order chi connectivity index (χ1) is 8.18. The molecular formula is C12H16N2O3. The first-order valence-electron chi connectivity index (χ1n) is 6.45. The van der Waals surface area contributed by atoms with Crippen LogP contribution in [0.5, 0.6) is 0 Å². The van der Waals surface area contributed by atoms with Crippen LogP contribution in [0.25, 0.3) is 0 Å². The van der Waals surface area contributed by atoms with Crippen molar-refractivity contribution in [2.24, 2.45) is 11.8 Å². The lowest BCUT2D eigenvalue weighted by Gasteiger charge is -2.23. The Labute approximate surface area is 99.6 Å². The maximum Gasteiger partial charge on any atom is 0.261 e. The van der Waals surface area contributed by atoms with E-state index < -0.39 is 6.10 Å². The van der Waals surface area contributed by atoms with Crippen molar-refractivity contribution in [1.82, 2.24) is 9.96 Å². The highest BCUT2D eigenvalue weighted by atomic mass is 16.7. The van der Waals surface area contributed by atoms with Gasteiger partial charge in [0.25, 0.3) is 5.91 Å². The van der Waals surface area contributed by atoms with E-state index in [1.54, 1.807) is 7.05 Å². The number of imide groups is 1. The van der Waals surface area contributed by atoms with Crippen LogP contribution in [0.2, 0.25) is 0 Å². The van der Waals surface area contributed by atoms with E-state index in [2.05, 4.69) is 0 Å². The standard InChI is InChI=1S/C12H16N2O3/c1-13-11(15)9-8-5-6-3-2-4-7(6)14(8)17-10(9)12(13)16/h6-10H,2-5H2,1H3/t6-,7-,8+,9-,10+/m1/s1. The number of carbonyl (C=O) groups is 2. The van der Waals surface area contributed by atoms with Crippen LogP contribution in [0.3, 0.4) is 0 Å². The van der Waals surface area contributed by atoms with Crippen molar-refractivity contribution in [3.05, 3.63) is 0 Å². The Bertz CT molecular complexity index is 411. The van der Waals surface area contributed by atoms with Crippen LogP contribution in [-0.4, -0.2) is 47.0 Å². The zero-order valence-corrected chi connectivity index (χ0v) is 9.83. The van der Waals surface area contributed by atoms with E-state index >= 15 is 0 Å². The van der Waals surface area contributed by atoms with Gasteiger partial charge in [0.05, 0.1) is 12.0 Å². The third-order valence-electron chi connectivity index (χ3n) is 4.98. The molecule has 0 spiro atoms. The Hall–Kier alpha value is -0.940. The second-order valence-corrected chi connectivity index (χ2v) is 5.71. The number of likely N-dealkylation sites (tertiary alicyclic amines) is 1. The third kappa shape index (κ3) is 1.07. The smallest absolute Gasteiger partial charge is 0.261 e. The second-order valence-electron chi connectivity index (χ2n) is 5.71. The van der Waals surface area contributed by atoms with E-state index in [9.17, 15) is 9.59 Å². The summed E-state index contributed by atoms with van der Waals surface area (Å²) in [4.78, 5) is 31.0. The van der Waals surface area contributed by atoms with E-state index in [0.29, 0.717) is 12.0 Å². The number of fused-ring (bicyclic) bond motifs is 5. The molecule has 3 heterocycles. The normalized spacial score (nSPS) is 48.8. The van der Waals surface area contributed by atoms with E-state index in [1.807, 2.05) is 5.06 Å². The van der Waals surface area contributed by atoms with E-state index in [-0.39, 0.29) is 23.8 Å². The van der Waals surface area contributed by atoms with Gasteiger partial charge in [0.2, 0.25) is 5.91 Å². The van der Waals surface area contributed by atoms with E-state index in [4.69, 9.17) is 4.84 Å². The number of likely N-dealkylation sites (N-methyl/N-ethyl adjacent to an activating group) is 1. The summed E-state index contributed by atoms with van der Waals surface area (Å²) in [6.45, 7) is 0. The quantitative estimate of drug-likeness (QED) is 0.562. The van der Waals surface area contributed by atoms with Crippen LogP contribution in [0, 0.1) is 11.8 Å². The molecule has 5 nitrogen and oxygen atoms in total. The molecule has 5 atom stereocenters. The molecule has 2 amide bonds. The molecule has 4 fully saturated rings. The van der Waals surface area contributed by atoms with Gasteiger partial charge in [-0.3, -0.25) is 19.3 Å². The van der Waals surface area contributed by atoms with Crippen molar-refractivity contribution in [3.8, 4) is 0 Å². The van der Waals surface area contributed by atoms with Crippen LogP contribution in [0.15, 0.2) is 0 Å². The summed E-state index contributed by atoms with van der Waals surface area (Å²) in [6, 6.07) is 0.605. The first kappa shape index (κ1) is 10.0. The van der Waals surface area contributed by atoms with Crippen LogP contribution in [0.1, 0.15) is 25.7 Å². The molecule has 1 aliphatic carbocycles. The molecule has 0 N–H and O–H groups in total.